The molecule has 15 heavy (non-hydrogen) atoms. The number of aromatic nitrogens is 2. The molecule has 0 bridgehead atoms. The third kappa shape index (κ3) is 2.32. The van der Waals surface area contributed by atoms with Gasteiger partial charge in [0.25, 0.3) is 0 Å². The van der Waals surface area contributed by atoms with Crippen molar-refractivity contribution < 1.29 is 0 Å². The van der Waals surface area contributed by atoms with E-state index in [2.05, 4.69) is 9.97 Å². The highest BCUT2D eigenvalue weighted by atomic mass is 35.5. The Morgan fingerprint density at radius 1 is 1.00 bits per heavy atom. The number of nitrogens with two attached hydrogens (primary N) is 1. The van der Waals surface area contributed by atoms with Gasteiger partial charge in [0.2, 0.25) is 5.28 Å². The van der Waals surface area contributed by atoms with Gasteiger partial charge in [0.1, 0.15) is 0 Å². The Morgan fingerprint density at radius 3 is 2.13 bits per heavy atom. The van der Waals surface area contributed by atoms with Gasteiger partial charge < -0.3 is 5.73 Å². The molecule has 0 unspecified atom stereocenters. The summed E-state index contributed by atoms with van der Waals surface area (Å²) in [5.41, 5.74) is 8.63. The summed E-state index contributed by atoms with van der Waals surface area (Å²) in [5.74, 6) is 0. The van der Waals surface area contributed by atoms with Crippen molar-refractivity contribution in [1.82, 2.24) is 9.97 Å². The van der Waals surface area contributed by atoms with Crippen LogP contribution in [0.5, 0.6) is 0 Å². The molecule has 1 heterocycles. The average molecular weight is 220 g/mol. The maximum Gasteiger partial charge on any atom is 0.222 e. The fourth-order valence-electron chi connectivity index (χ4n) is 1.29. The Kier molecular flexibility index (Phi) is 2.94. The van der Waals surface area contributed by atoms with E-state index < -0.39 is 0 Å². The molecule has 0 aliphatic rings. The van der Waals surface area contributed by atoms with Gasteiger partial charge in [0.05, 0.1) is 0 Å². The number of benzene rings is 1. The van der Waals surface area contributed by atoms with Gasteiger partial charge in [-0.2, -0.15) is 0 Å². The van der Waals surface area contributed by atoms with Crippen LogP contribution in [0, 0.1) is 0 Å². The molecule has 0 saturated carbocycles. The maximum atomic E-state index is 5.61. The summed E-state index contributed by atoms with van der Waals surface area (Å²) in [5, 5.41) is 0.261. The summed E-state index contributed by atoms with van der Waals surface area (Å²) >= 11 is 5.61. The number of rotatable bonds is 2. The zero-order chi connectivity index (χ0) is 10.7. The lowest BCUT2D eigenvalue weighted by Crippen LogP contribution is -1.95. The van der Waals surface area contributed by atoms with E-state index in [0.29, 0.717) is 6.54 Å². The molecule has 1 aromatic carbocycles. The lowest BCUT2D eigenvalue weighted by molar-refractivity contribution is 1.07. The molecule has 2 aromatic rings. The van der Waals surface area contributed by atoms with Crippen molar-refractivity contribution in [3.8, 4) is 11.1 Å². The molecule has 0 saturated heterocycles. The van der Waals surface area contributed by atoms with Gasteiger partial charge in [-0.05, 0) is 22.7 Å². The summed E-state index contributed by atoms with van der Waals surface area (Å²) in [6.45, 7) is 0.553. The highest BCUT2D eigenvalue weighted by molar-refractivity contribution is 6.28. The number of nitrogens with zero attached hydrogens (tertiary/aromatic N) is 2. The summed E-state index contributed by atoms with van der Waals surface area (Å²) in [6, 6.07) is 7.97. The van der Waals surface area contributed by atoms with Crippen molar-refractivity contribution in [2.75, 3.05) is 0 Å². The van der Waals surface area contributed by atoms with Crippen molar-refractivity contribution in [3.05, 3.63) is 47.5 Å². The minimum absolute atomic E-state index is 0.261. The van der Waals surface area contributed by atoms with Crippen LogP contribution in [-0.4, -0.2) is 9.97 Å². The predicted octanol–water partition coefficient (Wildman–Crippen LogP) is 2.26. The topological polar surface area (TPSA) is 51.8 Å². The molecule has 1 aromatic heterocycles. The normalized spacial score (nSPS) is 10.3. The smallest absolute Gasteiger partial charge is 0.222 e. The SMILES string of the molecule is NCc1ccc(-c2cnc(Cl)nc2)cc1. The third-order valence-corrected chi connectivity index (χ3v) is 2.34. The molecule has 0 radical (unpaired) electrons. The second-order valence-electron chi connectivity index (χ2n) is 3.14. The Labute approximate surface area is 92.9 Å². The van der Waals surface area contributed by atoms with E-state index in [-0.39, 0.29) is 5.28 Å². The fraction of sp³-hybridized carbons (Fsp3) is 0.0909. The lowest BCUT2D eigenvalue weighted by atomic mass is 10.1. The van der Waals surface area contributed by atoms with Crippen molar-refractivity contribution in [1.29, 1.82) is 0 Å². The van der Waals surface area contributed by atoms with E-state index in [9.17, 15) is 0 Å². The van der Waals surface area contributed by atoms with E-state index in [4.69, 9.17) is 17.3 Å². The Balaban J connectivity index is 2.33. The minimum Gasteiger partial charge on any atom is -0.326 e. The first-order valence-electron chi connectivity index (χ1n) is 4.56. The second kappa shape index (κ2) is 4.38. The molecule has 2 rings (SSSR count). The molecule has 0 spiro atoms. The molecular formula is C11H10ClN3. The third-order valence-electron chi connectivity index (χ3n) is 2.14. The Morgan fingerprint density at radius 2 is 1.60 bits per heavy atom. The number of hydrogen-bond donors (Lipinski definition) is 1. The number of hydrogen-bond acceptors (Lipinski definition) is 3. The van der Waals surface area contributed by atoms with Gasteiger partial charge in [-0.25, -0.2) is 9.97 Å². The van der Waals surface area contributed by atoms with E-state index in [1.807, 2.05) is 24.3 Å². The minimum atomic E-state index is 0.261. The summed E-state index contributed by atoms with van der Waals surface area (Å²) in [7, 11) is 0. The average Bonchev–Trinajstić information content (AvgIpc) is 2.30. The summed E-state index contributed by atoms with van der Waals surface area (Å²) < 4.78 is 0. The molecule has 0 aliphatic carbocycles. The van der Waals surface area contributed by atoms with Gasteiger partial charge in [-0.1, -0.05) is 24.3 Å². The largest absolute Gasteiger partial charge is 0.326 e. The van der Waals surface area contributed by atoms with Crippen LogP contribution in [0.15, 0.2) is 36.7 Å². The molecule has 0 amide bonds. The molecule has 4 heteroatoms. The Hall–Kier alpha value is -1.45. The first-order chi connectivity index (χ1) is 7.29. The summed E-state index contributed by atoms with van der Waals surface area (Å²) in [4.78, 5) is 7.86. The molecule has 0 atom stereocenters. The van der Waals surface area contributed by atoms with Gasteiger partial charge in [0, 0.05) is 24.5 Å². The highest BCUT2D eigenvalue weighted by Gasteiger charge is 1.98. The van der Waals surface area contributed by atoms with E-state index in [1.165, 1.54) is 0 Å². The van der Waals surface area contributed by atoms with Crippen molar-refractivity contribution in [2.45, 2.75) is 6.54 Å². The lowest BCUT2D eigenvalue weighted by Gasteiger charge is -2.01. The van der Waals surface area contributed by atoms with E-state index in [1.54, 1.807) is 12.4 Å². The monoisotopic (exact) mass is 219 g/mol. The van der Waals surface area contributed by atoms with Gasteiger partial charge in [0.15, 0.2) is 0 Å². The fourth-order valence-corrected chi connectivity index (χ4v) is 1.39. The molecule has 0 fully saturated rings. The zero-order valence-electron chi connectivity index (χ0n) is 8.02. The quantitative estimate of drug-likeness (QED) is 0.789. The highest BCUT2D eigenvalue weighted by Crippen LogP contribution is 2.18. The maximum absolute atomic E-state index is 5.61. The van der Waals surface area contributed by atoms with Crippen LogP contribution in [0.2, 0.25) is 5.28 Å². The molecular weight excluding hydrogens is 210 g/mol. The number of halogens is 1. The standard InChI is InChI=1S/C11H10ClN3/c12-11-14-6-10(7-15-11)9-3-1-8(5-13)2-4-9/h1-4,6-7H,5,13H2. The first-order valence-corrected chi connectivity index (χ1v) is 4.94. The van der Waals surface area contributed by atoms with E-state index >= 15 is 0 Å². The molecule has 76 valence electrons. The predicted molar refractivity (Wildman–Crippen MR) is 60.4 cm³/mol. The Bertz CT molecular complexity index is 436. The van der Waals surface area contributed by atoms with Crippen LogP contribution in [-0.2, 0) is 6.54 Å². The van der Waals surface area contributed by atoms with Crippen molar-refractivity contribution in [2.24, 2.45) is 5.73 Å². The van der Waals surface area contributed by atoms with Crippen LogP contribution < -0.4 is 5.73 Å². The van der Waals surface area contributed by atoms with Gasteiger partial charge >= 0.3 is 0 Å². The second-order valence-corrected chi connectivity index (χ2v) is 3.48. The van der Waals surface area contributed by atoms with E-state index in [0.717, 1.165) is 16.7 Å². The van der Waals surface area contributed by atoms with Crippen molar-refractivity contribution >= 4 is 11.6 Å². The van der Waals surface area contributed by atoms with Crippen LogP contribution >= 0.6 is 11.6 Å². The van der Waals surface area contributed by atoms with Crippen LogP contribution in [0.25, 0.3) is 11.1 Å². The van der Waals surface area contributed by atoms with Crippen LogP contribution in [0.1, 0.15) is 5.56 Å². The molecule has 3 nitrogen and oxygen atoms in total. The van der Waals surface area contributed by atoms with Crippen molar-refractivity contribution in [3.63, 3.8) is 0 Å². The first kappa shape index (κ1) is 10.1. The summed E-state index contributed by atoms with van der Waals surface area (Å²) in [6.07, 6.45) is 3.40. The van der Waals surface area contributed by atoms with Crippen LogP contribution in [0.3, 0.4) is 0 Å². The zero-order valence-corrected chi connectivity index (χ0v) is 8.78. The van der Waals surface area contributed by atoms with Crippen LogP contribution in [0.4, 0.5) is 0 Å². The molecule has 0 aliphatic heterocycles. The van der Waals surface area contributed by atoms with Gasteiger partial charge in [-0.3, -0.25) is 0 Å². The molecule has 2 N–H and O–H groups in total. The van der Waals surface area contributed by atoms with Gasteiger partial charge in [-0.15, -0.1) is 0 Å².